The van der Waals surface area contributed by atoms with E-state index in [0.29, 0.717) is 5.92 Å². The Balaban J connectivity index is 2.04. The van der Waals surface area contributed by atoms with Gasteiger partial charge in [0.05, 0.1) is 6.10 Å². The number of hydrogen-bond acceptors (Lipinski definition) is 1. The monoisotopic (exact) mass is 190 g/mol. The van der Waals surface area contributed by atoms with Crippen LogP contribution in [0.1, 0.15) is 30.9 Å². The van der Waals surface area contributed by atoms with Crippen molar-refractivity contribution < 1.29 is 5.11 Å². The van der Waals surface area contributed by atoms with E-state index in [2.05, 4.69) is 31.2 Å². The van der Waals surface area contributed by atoms with E-state index in [9.17, 15) is 5.11 Å². The minimum Gasteiger partial charge on any atom is -0.393 e. The van der Waals surface area contributed by atoms with E-state index in [1.807, 2.05) is 0 Å². The largest absolute Gasteiger partial charge is 0.393 e. The molecule has 0 aromatic heterocycles. The Labute approximate surface area is 85.8 Å². The smallest absolute Gasteiger partial charge is 0.0574 e. The molecule has 0 saturated heterocycles. The number of hydrogen-bond donors (Lipinski definition) is 1. The van der Waals surface area contributed by atoms with Gasteiger partial charge in [0.1, 0.15) is 0 Å². The average molecular weight is 190 g/mol. The molecule has 76 valence electrons. The molecule has 0 radical (unpaired) electrons. The van der Waals surface area contributed by atoms with Gasteiger partial charge in [0.25, 0.3) is 0 Å². The molecule has 0 fully saturated rings. The Bertz CT molecular complexity index is 281. The van der Waals surface area contributed by atoms with Crippen LogP contribution in [-0.4, -0.2) is 11.2 Å². The lowest BCUT2D eigenvalue weighted by Gasteiger charge is -2.16. The van der Waals surface area contributed by atoms with Gasteiger partial charge >= 0.3 is 0 Å². The average Bonchev–Trinajstić information content (AvgIpc) is 2.61. The Morgan fingerprint density at radius 1 is 1.29 bits per heavy atom. The second kappa shape index (κ2) is 4.14. The minimum atomic E-state index is -0.104. The predicted molar refractivity (Wildman–Crippen MR) is 58.3 cm³/mol. The zero-order valence-corrected chi connectivity index (χ0v) is 8.74. The van der Waals surface area contributed by atoms with Crippen molar-refractivity contribution in [2.45, 2.75) is 38.7 Å². The zero-order valence-electron chi connectivity index (χ0n) is 8.74. The highest BCUT2D eigenvalue weighted by molar-refractivity contribution is 5.32. The van der Waals surface area contributed by atoms with Crippen molar-refractivity contribution in [2.24, 2.45) is 5.92 Å². The fraction of sp³-hybridized carbons (Fsp3) is 0.538. The van der Waals surface area contributed by atoms with Crippen LogP contribution in [0, 0.1) is 5.92 Å². The topological polar surface area (TPSA) is 20.2 Å². The maximum atomic E-state index is 9.92. The van der Waals surface area contributed by atoms with Crippen molar-refractivity contribution >= 4 is 0 Å². The quantitative estimate of drug-likeness (QED) is 0.776. The van der Waals surface area contributed by atoms with E-state index in [0.717, 1.165) is 25.7 Å². The zero-order chi connectivity index (χ0) is 9.97. The molecule has 2 rings (SSSR count). The summed E-state index contributed by atoms with van der Waals surface area (Å²) in [6.07, 6.45) is 4.05. The van der Waals surface area contributed by atoms with Crippen molar-refractivity contribution in [3.8, 4) is 0 Å². The van der Waals surface area contributed by atoms with Crippen molar-refractivity contribution in [3.63, 3.8) is 0 Å². The molecule has 1 nitrogen and oxygen atoms in total. The highest BCUT2D eigenvalue weighted by Gasteiger charge is 2.26. The molecule has 14 heavy (non-hydrogen) atoms. The number of fused-ring (bicyclic) bond motifs is 1. The first kappa shape index (κ1) is 9.72. The Kier molecular flexibility index (Phi) is 2.87. The lowest BCUT2D eigenvalue weighted by molar-refractivity contribution is 0.103. The molecular weight excluding hydrogens is 172 g/mol. The van der Waals surface area contributed by atoms with Gasteiger partial charge in [0, 0.05) is 0 Å². The molecule has 0 aliphatic heterocycles. The number of aliphatic hydroxyl groups is 1. The first-order valence-corrected chi connectivity index (χ1v) is 5.56. The molecular formula is C13H18O. The van der Waals surface area contributed by atoms with Gasteiger partial charge in [-0.2, -0.15) is 0 Å². The summed E-state index contributed by atoms with van der Waals surface area (Å²) in [5.74, 6) is 0.465. The fourth-order valence-corrected chi connectivity index (χ4v) is 2.40. The summed E-state index contributed by atoms with van der Waals surface area (Å²) < 4.78 is 0. The van der Waals surface area contributed by atoms with Crippen LogP contribution in [0.4, 0.5) is 0 Å². The van der Waals surface area contributed by atoms with Gasteiger partial charge in [0.2, 0.25) is 0 Å². The van der Waals surface area contributed by atoms with Gasteiger partial charge in [-0.15, -0.1) is 0 Å². The van der Waals surface area contributed by atoms with E-state index in [1.54, 1.807) is 0 Å². The molecule has 1 heteroatoms. The maximum absolute atomic E-state index is 9.92. The molecule has 0 bridgehead atoms. The van der Waals surface area contributed by atoms with E-state index >= 15 is 0 Å². The lowest BCUT2D eigenvalue weighted by Crippen LogP contribution is -2.20. The molecule has 1 aromatic carbocycles. The van der Waals surface area contributed by atoms with E-state index < -0.39 is 0 Å². The summed E-state index contributed by atoms with van der Waals surface area (Å²) >= 11 is 0. The first-order chi connectivity index (χ1) is 6.81. The van der Waals surface area contributed by atoms with Crippen molar-refractivity contribution in [3.05, 3.63) is 35.4 Å². The summed E-state index contributed by atoms with van der Waals surface area (Å²) in [6.45, 7) is 2.13. The highest BCUT2D eigenvalue weighted by Crippen LogP contribution is 2.29. The van der Waals surface area contributed by atoms with Crippen LogP contribution in [0.5, 0.6) is 0 Å². The molecule has 1 aliphatic rings. The van der Waals surface area contributed by atoms with Gasteiger partial charge in [-0.05, 0) is 36.3 Å². The number of benzene rings is 1. The maximum Gasteiger partial charge on any atom is 0.0574 e. The third kappa shape index (κ3) is 1.83. The van der Waals surface area contributed by atoms with E-state index in [-0.39, 0.29) is 6.10 Å². The Morgan fingerprint density at radius 2 is 1.86 bits per heavy atom. The SMILES string of the molecule is CCC[C@H](O)C1Cc2ccccc2C1. The predicted octanol–water partition coefficient (Wildman–Crippen LogP) is 2.56. The van der Waals surface area contributed by atoms with Crippen LogP contribution >= 0.6 is 0 Å². The molecule has 1 aromatic rings. The normalized spacial score (nSPS) is 18.1. The second-order valence-electron chi connectivity index (χ2n) is 4.29. The third-order valence-corrected chi connectivity index (χ3v) is 3.21. The van der Waals surface area contributed by atoms with Crippen LogP contribution in [0.2, 0.25) is 0 Å². The molecule has 0 saturated carbocycles. The van der Waals surface area contributed by atoms with Crippen molar-refractivity contribution in [2.75, 3.05) is 0 Å². The summed E-state index contributed by atoms with van der Waals surface area (Å²) in [5.41, 5.74) is 2.88. The number of aliphatic hydroxyl groups excluding tert-OH is 1. The first-order valence-electron chi connectivity index (χ1n) is 5.56. The standard InChI is InChI=1S/C13H18O/c1-2-5-13(14)12-8-10-6-3-4-7-11(10)9-12/h3-4,6-7,12-14H,2,5,8-9H2,1H3/t13-/m0/s1. The summed E-state index contributed by atoms with van der Waals surface area (Å²) in [5, 5.41) is 9.92. The van der Waals surface area contributed by atoms with Crippen LogP contribution < -0.4 is 0 Å². The molecule has 0 spiro atoms. The third-order valence-electron chi connectivity index (χ3n) is 3.21. The molecule has 1 aliphatic carbocycles. The molecule has 1 atom stereocenters. The van der Waals surface area contributed by atoms with Crippen LogP contribution in [0.3, 0.4) is 0 Å². The minimum absolute atomic E-state index is 0.104. The van der Waals surface area contributed by atoms with Crippen molar-refractivity contribution in [1.29, 1.82) is 0 Å². The van der Waals surface area contributed by atoms with E-state index in [1.165, 1.54) is 11.1 Å². The summed E-state index contributed by atoms with van der Waals surface area (Å²) in [6, 6.07) is 8.56. The van der Waals surface area contributed by atoms with Crippen LogP contribution in [0.15, 0.2) is 24.3 Å². The second-order valence-corrected chi connectivity index (χ2v) is 4.29. The Hall–Kier alpha value is -0.820. The molecule has 0 amide bonds. The van der Waals surface area contributed by atoms with Gasteiger partial charge in [-0.3, -0.25) is 0 Å². The van der Waals surface area contributed by atoms with Gasteiger partial charge in [0.15, 0.2) is 0 Å². The molecule has 0 heterocycles. The van der Waals surface area contributed by atoms with Gasteiger partial charge in [-0.25, -0.2) is 0 Å². The number of rotatable bonds is 3. The van der Waals surface area contributed by atoms with Gasteiger partial charge in [-0.1, -0.05) is 37.6 Å². The van der Waals surface area contributed by atoms with Crippen LogP contribution in [-0.2, 0) is 12.8 Å². The Morgan fingerprint density at radius 3 is 2.36 bits per heavy atom. The van der Waals surface area contributed by atoms with E-state index in [4.69, 9.17) is 0 Å². The lowest BCUT2D eigenvalue weighted by atomic mass is 9.96. The highest BCUT2D eigenvalue weighted by atomic mass is 16.3. The summed E-state index contributed by atoms with van der Waals surface area (Å²) in [7, 11) is 0. The van der Waals surface area contributed by atoms with Gasteiger partial charge < -0.3 is 5.11 Å². The molecule has 1 N–H and O–H groups in total. The van der Waals surface area contributed by atoms with Crippen molar-refractivity contribution in [1.82, 2.24) is 0 Å². The fourth-order valence-electron chi connectivity index (χ4n) is 2.40. The van der Waals surface area contributed by atoms with Crippen LogP contribution in [0.25, 0.3) is 0 Å². The summed E-state index contributed by atoms with van der Waals surface area (Å²) in [4.78, 5) is 0. The molecule has 0 unspecified atom stereocenters.